The predicted octanol–water partition coefficient (Wildman–Crippen LogP) is 5.37. The Balaban J connectivity index is 0.00000253. The van der Waals surface area contributed by atoms with Gasteiger partial charge in [-0.3, -0.25) is 4.79 Å². The summed E-state index contributed by atoms with van der Waals surface area (Å²) >= 11 is 0. The quantitative estimate of drug-likeness (QED) is 0.359. The second kappa shape index (κ2) is 10.4. The van der Waals surface area contributed by atoms with Crippen LogP contribution < -0.4 is 15.5 Å². The number of benzene rings is 3. The number of hydrogen-bond donors (Lipinski definition) is 2. The van der Waals surface area contributed by atoms with Crippen molar-refractivity contribution in [1.29, 1.82) is 0 Å². The summed E-state index contributed by atoms with van der Waals surface area (Å²) in [6.45, 7) is 2.90. The van der Waals surface area contributed by atoms with Crippen LogP contribution in [0.4, 0.5) is 5.69 Å². The van der Waals surface area contributed by atoms with Crippen LogP contribution in [0.15, 0.2) is 66.7 Å². The largest absolute Gasteiger partial charge is 0.365 e. The number of rotatable bonds is 6. The van der Waals surface area contributed by atoms with Gasteiger partial charge in [-0.2, -0.15) is 0 Å². The van der Waals surface area contributed by atoms with Gasteiger partial charge in [-0.15, -0.1) is 12.4 Å². The van der Waals surface area contributed by atoms with Gasteiger partial charge in [0.2, 0.25) is 0 Å². The number of anilines is 1. The number of amides is 1. The maximum atomic E-state index is 12.7. The molecule has 0 spiro atoms. The van der Waals surface area contributed by atoms with Crippen LogP contribution in [0.25, 0.3) is 11.1 Å². The lowest BCUT2D eigenvalue weighted by Crippen LogP contribution is -2.58. The van der Waals surface area contributed by atoms with E-state index in [9.17, 15) is 4.79 Å². The summed E-state index contributed by atoms with van der Waals surface area (Å²) in [5, 5.41) is 6.91. The molecule has 5 heteroatoms. The molecule has 35 heavy (non-hydrogen) atoms. The van der Waals surface area contributed by atoms with Crippen molar-refractivity contribution in [2.45, 2.75) is 50.6 Å². The fourth-order valence-electron chi connectivity index (χ4n) is 6.04. The van der Waals surface area contributed by atoms with E-state index in [4.69, 9.17) is 0 Å². The zero-order valence-electron chi connectivity index (χ0n) is 20.1. The molecule has 0 bridgehead atoms. The summed E-state index contributed by atoms with van der Waals surface area (Å²) in [5.41, 5.74) is 8.90. The molecule has 182 valence electrons. The van der Waals surface area contributed by atoms with Crippen LogP contribution in [0.5, 0.6) is 0 Å². The number of carbonyl (C=O) groups excluding carboxylic acids is 1. The molecule has 6 rings (SSSR count). The smallest absolute Gasteiger partial charge is 0.251 e. The number of nitrogens with zero attached hydrogens (tertiary/aromatic N) is 1. The van der Waals surface area contributed by atoms with Gasteiger partial charge in [-0.25, -0.2) is 0 Å². The van der Waals surface area contributed by atoms with Crippen molar-refractivity contribution >= 4 is 24.0 Å². The maximum absolute atomic E-state index is 12.7. The van der Waals surface area contributed by atoms with Gasteiger partial charge in [0.25, 0.3) is 5.91 Å². The molecule has 2 heterocycles. The first-order chi connectivity index (χ1) is 16.8. The van der Waals surface area contributed by atoms with Gasteiger partial charge in [0.15, 0.2) is 0 Å². The molecule has 0 aromatic heterocycles. The second-order valence-corrected chi connectivity index (χ2v) is 10.0. The van der Waals surface area contributed by atoms with Crippen molar-refractivity contribution in [3.63, 3.8) is 0 Å². The fraction of sp³-hybridized carbons (Fsp3) is 0.367. The van der Waals surface area contributed by atoms with E-state index in [0.29, 0.717) is 12.1 Å². The number of hydrogen-bond acceptors (Lipinski definition) is 3. The maximum Gasteiger partial charge on any atom is 0.251 e. The van der Waals surface area contributed by atoms with Crippen molar-refractivity contribution in [3.05, 3.63) is 89.0 Å². The van der Waals surface area contributed by atoms with Crippen molar-refractivity contribution in [3.8, 4) is 11.1 Å². The minimum absolute atomic E-state index is 0. The fourth-order valence-corrected chi connectivity index (χ4v) is 6.04. The molecule has 0 radical (unpaired) electrons. The van der Waals surface area contributed by atoms with Crippen LogP contribution in [0, 0.1) is 0 Å². The van der Waals surface area contributed by atoms with E-state index >= 15 is 0 Å². The Labute approximate surface area is 214 Å². The summed E-state index contributed by atoms with van der Waals surface area (Å²) in [7, 11) is 0. The Morgan fingerprint density at radius 3 is 2.66 bits per heavy atom. The molecule has 3 aromatic carbocycles. The van der Waals surface area contributed by atoms with Crippen LogP contribution in [-0.4, -0.2) is 37.6 Å². The Bertz CT molecular complexity index is 1210. The molecule has 1 amide bonds. The van der Waals surface area contributed by atoms with Gasteiger partial charge >= 0.3 is 0 Å². The number of nitrogens with one attached hydrogen (secondary N) is 2. The Morgan fingerprint density at radius 2 is 1.74 bits per heavy atom. The van der Waals surface area contributed by atoms with Gasteiger partial charge < -0.3 is 15.5 Å². The molecular weight excluding hydrogens is 454 g/mol. The van der Waals surface area contributed by atoms with E-state index in [2.05, 4.69) is 76.2 Å². The van der Waals surface area contributed by atoms with Gasteiger partial charge in [0.1, 0.15) is 0 Å². The van der Waals surface area contributed by atoms with Crippen LogP contribution in [0.3, 0.4) is 0 Å². The molecule has 4 nitrogen and oxygen atoms in total. The lowest BCUT2D eigenvalue weighted by Gasteiger charge is -2.45. The molecule has 2 unspecified atom stereocenters. The summed E-state index contributed by atoms with van der Waals surface area (Å²) < 4.78 is 0. The number of unbranched alkanes of at least 4 members (excludes halogenated alkanes) is 1. The SMILES string of the molecule is Cl.O=C(NCCCCC1CN2c3ccccc3CCC2CN1)c1ccc2c(c1)Cc1ccccc1-2. The average molecular weight is 488 g/mol. The molecule has 3 aromatic rings. The number of halogens is 1. The predicted molar refractivity (Wildman–Crippen MR) is 146 cm³/mol. The van der Waals surface area contributed by atoms with Crippen LogP contribution in [0.2, 0.25) is 0 Å². The standard InChI is InChI=1S/C30H33N3O.ClH/c34-30(23-13-15-28-24(18-23)17-22-8-1-3-10-27(22)28)31-16-6-5-9-25-20-33-26(19-32-25)14-12-21-7-2-4-11-29(21)33;/h1-4,7-8,10-11,13,15,18,25-26,32H,5-6,9,12,14,16-17,19-20H2,(H,31,34);1H. The lowest BCUT2D eigenvalue weighted by atomic mass is 9.92. The third kappa shape index (κ3) is 4.82. The molecule has 1 saturated heterocycles. The van der Waals surface area contributed by atoms with E-state index < -0.39 is 0 Å². The highest BCUT2D eigenvalue weighted by Gasteiger charge is 2.31. The van der Waals surface area contributed by atoms with Crippen LogP contribution >= 0.6 is 12.4 Å². The zero-order chi connectivity index (χ0) is 22.9. The number of fused-ring (bicyclic) bond motifs is 6. The molecule has 3 aliphatic rings. The monoisotopic (exact) mass is 487 g/mol. The van der Waals surface area contributed by atoms with Crippen molar-refractivity contribution in [2.24, 2.45) is 0 Å². The van der Waals surface area contributed by atoms with Gasteiger partial charge in [0.05, 0.1) is 0 Å². The van der Waals surface area contributed by atoms with E-state index in [1.807, 2.05) is 6.07 Å². The van der Waals surface area contributed by atoms with E-state index in [-0.39, 0.29) is 18.3 Å². The third-order valence-corrected chi connectivity index (χ3v) is 7.87. The summed E-state index contributed by atoms with van der Waals surface area (Å²) in [5.74, 6) is 0.0438. The van der Waals surface area contributed by atoms with Gasteiger partial charge in [-0.05, 0) is 78.1 Å². The minimum atomic E-state index is 0. The number of piperazine rings is 1. The Morgan fingerprint density at radius 1 is 0.943 bits per heavy atom. The highest BCUT2D eigenvalue weighted by atomic mass is 35.5. The molecule has 2 atom stereocenters. The summed E-state index contributed by atoms with van der Waals surface area (Å²) in [6, 6.07) is 24.7. The van der Waals surface area contributed by atoms with Crippen molar-refractivity contribution < 1.29 is 4.79 Å². The molecule has 1 aliphatic carbocycles. The van der Waals surface area contributed by atoms with Crippen LogP contribution in [-0.2, 0) is 12.8 Å². The third-order valence-electron chi connectivity index (χ3n) is 7.87. The van der Waals surface area contributed by atoms with E-state index in [1.54, 1.807) is 0 Å². The second-order valence-electron chi connectivity index (χ2n) is 10.0. The first-order valence-corrected chi connectivity index (χ1v) is 12.8. The summed E-state index contributed by atoms with van der Waals surface area (Å²) in [4.78, 5) is 15.4. The highest BCUT2D eigenvalue weighted by molar-refractivity contribution is 5.95. The molecule has 2 N–H and O–H groups in total. The molecule has 0 saturated carbocycles. The van der Waals surface area contributed by atoms with Gasteiger partial charge in [0, 0.05) is 43.0 Å². The average Bonchev–Trinajstić information content (AvgIpc) is 3.26. The van der Waals surface area contributed by atoms with Crippen molar-refractivity contribution in [1.82, 2.24) is 10.6 Å². The summed E-state index contributed by atoms with van der Waals surface area (Å²) in [6.07, 6.45) is 6.65. The van der Waals surface area contributed by atoms with Crippen molar-refractivity contribution in [2.75, 3.05) is 24.5 Å². The minimum Gasteiger partial charge on any atom is -0.365 e. The van der Waals surface area contributed by atoms with Crippen LogP contribution in [0.1, 0.15) is 52.7 Å². The first-order valence-electron chi connectivity index (χ1n) is 12.8. The van der Waals surface area contributed by atoms with Gasteiger partial charge in [-0.1, -0.05) is 55.0 Å². The molecule has 2 aliphatic heterocycles. The first kappa shape index (κ1) is 23.9. The normalized spacial score (nSPS) is 19.6. The Hall–Kier alpha value is -2.82. The molecule has 1 fully saturated rings. The highest BCUT2D eigenvalue weighted by Crippen LogP contribution is 2.36. The zero-order valence-corrected chi connectivity index (χ0v) is 20.9. The number of carbonyl (C=O) groups is 1. The Kier molecular flexibility index (Phi) is 7.12. The number of para-hydroxylation sites is 1. The van der Waals surface area contributed by atoms with E-state index in [1.165, 1.54) is 46.3 Å². The topological polar surface area (TPSA) is 44.4 Å². The number of aryl methyl sites for hydroxylation is 1. The lowest BCUT2D eigenvalue weighted by molar-refractivity contribution is 0.0953. The van der Waals surface area contributed by atoms with E-state index in [0.717, 1.165) is 50.9 Å². The molecular formula is C30H34ClN3O.